The molecule has 0 spiro atoms. The molecule has 0 saturated heterocycles. The van der Waals surface area contributed by atoms with Crippen LogP contribution in [0.25, 0.3) is 0 Å². The number of unbranched alkanes of at least 4 members (excludes halogenated alkanes) is 1. The second-order valence-electron chi connectivity index (χ2n) is 4.86. The van der Waals surface area contributed by atoms with Crippen LogP contribution in [0.15, 0.2) is 28.5 Å². The molecule has 0 aliphatic heterocycles. The number of nitrogens with zero attached hydrogens (tertiary/aromatic N) is 1. The van der Waals surface area contributed by atoms with Gasteiger partial charge in [0.1, 0.15) is 0 Å². The molecule has 19 heavy (non-hydrogen) atoms. The third kappa shape index (κ3) is 8.43. The van der Waals surface area contributed by atoms with E-state index in [-0.39, 0.29) is 0 Å². The Bertz CT molecular complexity index is 346. The fourth-order valence-corrected chi connectivity index (χ4v) is 2.02. The molecule has 1 atom stereocenters. The summed E-state index contributed by atoms with van der Waals surface area (Å²) in [5, 5.41) is 2.35. The summed E-state index contributed by atoms with van der Waals surface area (Å²) in [4.78, 5) is 20.9. The monoisotopic (exact) mass is 266 g/mol. The Hall–Kier alpha value is -1.29. The molecule has 0 aromatic rings. The van der Waals surface area contributed by atoms with Gasteiger partial charge in [-0.25, -0.2) is 0 Å². The van der Waals surface area contributed by atoms with Crippen molar-refractivity contribution in [2.45, 2.75) is 65.3 Å². The van der Waals surface area contributed by atoms with E-state index in [0.29, 0.717) is 6.42 Å². The van der Waals surface area contributed by atoms with Crippen molar-refractivity contribution in [1.29, 1.82) is 0 Å². The molecule has 108 valence electrons. The van der Waals surface area contributed by atoms with E-state index in [4.69, 9.17) is 5.73 Å². The van der Waals surface area contributed by atoms with E-state index in [1.165, 1.54) is 11.1 Å². The highest BCUT2D eigenvalue weighted by Gasteiger charge is 2.12. The number of rotatable bonds is 9. The molecule has 0 aliphatic rings. The van der Waals surface area contributed by atoms with Gasteiger partial charge in [0.25, 0.3) is 0 Å². The minimum Gasteiger partial charge on any atom is -0.320 e. The van der Waals surface area contributed by atoms with Gasteiger partial charge >= 0.3 is 5.91 Å². The first-order valence-electron chi connectivity index (χ1n) is 6.97. The quantitative estimate of drug-likeness (QED) is 0.391. The lowest BCUT2D eigenvalue weighted by Gasteiger charge is -2.09. The van der Waals surface area contributed by atoms with Crippen LogP contribution in [-0.2, 0) is 4.79 Å². The van der Waals surface area contributed by atoms with Crippen LogP contribution < -0.4 is 5.73 Å². The number of amides is 1. The maximum Gasteiger partial charge on any atom is 0.302 e. The van der Waals surface area contributed by atoms with E-state index in [9.17, 15) is 9.70 Å². The molecule has 0 aliphatic carbocycles. The van der Waals surface area contributed by atoms with Crippen molar-refractivity contribution in [2.24, 2.45) is 10.9 Å². The summed E-state index contributed by atoms with van der Waals surface area (Å²) in [6.07, 6.45) is 9.87. The molecule has 0 radical (unpaired) electrons. The van der Waals surface area contributed by atoms with Crippen LogP contribution in [0.4, 0.5) is 0 Å². The lowest BCUT2D eigenvalue weighted by Crippen LogP contribution is -2.28. The Morgan fingerprint density at radius 2 is 2.05 bits per heavy atom. The van der Waals surface area contributed by atoms with Crippen molar-refractivity contribution in [1.82, 2.24) is 0 Å². The van der Waals surface area contributed by atoms with E-state index in [1.54, 1.807) is 0 Å². The van der Waals surface area contributed by atoms with Crippen LogP contribution in [0.1, 0.15) is 59.3 Å². The molecule has 1 amide bonds. The van der Waals surface area contributed by atoms with Gasteiger partial charge < -0.3 is 5.73 Å². The topological polar surface area (TPSA) is 72.5 Å². The first-order chi connectivity index (χ1) is 9.04. The van der Waals surface area contributed by atoms with Crippen molar-refractivity contribution >= 4 is 5.91 Å². The Kier molecular flexibility index (Phi) is 9.90. The van der Waals surface area contributed by atoms with E-state index in [0.717, 1.165) is 32.1 Å². The number of nitroso groups, excluding NO2 is 1. The summed E-state index contributed by atoms with van der Waals surface area (Å²) in [6.45, 7) is 6.34. The summed E-state index contributed by atoms with van der Waals surface area (Å²) in [6, 6.07) is -0.728. The van der Waals surface area contributed by atoms with Gasteiger partial charge in [-0.2, -0.15) is 0 Å². The lowest BCUT2D eigenvalue weighted by atomic mass is 9.99. The number of hydrogen-bond donors (Lipinski definition) is 1. The van der Waals surface area contributed by atoms with Crippen LogP contribution in [0.5, 0.6) is 0 Å². The van der Waals surface area contributed by atoms with Crippen molar-refractivity contribution in [3.05, 3.63) is 28.2 Å². The predicted octanol–water partition coefficient (Wildman–Crippen LogP) is 3.86. The standard InChI is InChI=1S/C15H26N2O2/c1-4-8-12(3)11-13(5-2)9-6-7-10-14(16)15(18)17-19/h5,8,14H,4,6-7,9-11,16H2,1-3H3/b12-8+,13-5-. The smallest absolute Gasteiger partial charge is 0.302 e. The zero-order valence-corrected chi connectivity index (χ0v) is 12.3. The Labute approximate surface area is 116 Å². The molecular formula is C15H26N2O2. The predicted molar refractivity (Wildman–Crippen MR) is 79.7 cm³/mol. The van der Waals surface area contributed by atoms with Gasteiger partial charge in [-0.05, 0) is 46.0 Å². The minimum absolute atomic E-state index is 0.533. The Morgan fingerprint density at radius 1 is 1.37 bits per heavy atom. The van der Waals surface area contributed by atoms with Gasteiger partial charge in [0.05, 0.1) is 6.04 Å². The summed E-state index contributed by atoms with van der Waals surface area (Å²) in [7, 11) is 0. The summed E-state index contributed by atoms with van der Waals surface area (Å²) < 4.78 is 0. The average Bonchev–Trinajstić information content (AvgIpc) is 2.41. The van der Waals surface area contributed by atoms with E-state index in [2.05, 4.69) is 38.1 Å². The molecule has 4 heteroatoms. The first kappa shape index (κ1) is 17.7. The molecule has 0 aromatic heterocycles. The molecule has 2 N–H and O–H groups in total. The number of nitrogens with two attached hydrogens (primary N) is 1. The lowest BCUT2D eigenvalue weighted by molar-refractivity contribution is -0.119. The van der Waals surface area contributed by atoms with Crippen molar-refractivity contribution in [3.63, 3.8) is 0 Å². The van der Waals surface area contributed by atoms with Gasteiger partial charge in [0, 0.05) is 5.18 Å². The van der Waals surface area contributed by atoms with Gasteiger partial charge in [-0.1, -0.05) is 36.6 Å². The number of carbonyl (C=O) groups excluding carboxylic acids is 1. The number of carbonyl (C=O) groups is 1. The summed E-state index contributed by atoms with van der Waals surface area (Å²) in [5.41, 5.74) is 8.34. The fraction of sp³-hybridized carbons (Fsp3) is 0.667. The zero-order valence-electron chi connectivity index (χ0n) is 12.3. The maximum absolute atomic E-state index is 10.9. The number of hydrogen-bond acceptors (Lipinski definition) is 3. The highest BCUT2D eigenvalue weighted by atomic mass is 16.3. The van der Waals surface area contributed by atoms with Crippen molar-refractivity contribution in [3.8, 4) is 0 Å². The third-order valence-electron chi connectivity index (χ3n) is 3.14. The number of allylic oxidation sites excluding steroid dienone is 4. The fourth-order valence-electron chi connectivity index (χ4n) is 2.02. The highest BCUT2D eigenvalue weighted by Crippen LogP contribution is 2.18. The first-order valence-corrected chi connectivity index (χ1v) is 6.97. The maximum atomic E-state index is 10.9. The van der Waals surface area contributed by atoms with Crippen LogP contribution in [-0.4, -0.2) is 11.9 Å². The zero-order chi connectivity index (χ0) is 14.7. The van der Waals surface area contributed by atoms with Crippen LogP contribution in [0, 0.1) is 4.91 Å². The Balaban J connectivity index is 3.95. The summed E-state index contributed by atoms with van der Waals surface area (Å²) in [5.74, 6) is -0.743. The van der Waals surface area contributed by atoms with Gasteiger partial charge in [-0.15, -0.1) is 4.91 Å². The molecular weight excluding hydrogens is 240 g/mol. The van der Waals surface area contributed by atoms with Crippen LogP contribution >= 0.6 is 0 Å². The SMILES string of the molecule is C/C=C(/CCCCC(N)C(=O)N=O)C/C(C)=C/CC. The molecule has 0 saturated carbocycles. The molecule has 4 nitrogen and oxygen atoms in total. The largest absolute Gasteiger partial charge is 0.320 e. The van der Waals surface area contributed by atoms with Crippen LogP contribution in [0.2, 0.25) is 0 Å². The van der Waals surface area contributed by atoms with Crippen molar-refractivity contribution < 1.29 is 4.79 Å². The molecule has 0 heterocycles. The van der Waals surface area contributed by atoms with E-state index >= 15 is 0 Å². The Morgan fingerprint density at radius 3 is 2.58 bits per heavy atom. The molecule has 0 fully saturated rings. The highest BCUT2D eigenvalue weighted by molar-refractivity contribution is 5.81. The molecule has 1 unspecified atom stereocenters. The second-order valence-corrected chi connectivity index (χ2v) is 4.86. The summed E-state index contributed by atoms with van der Waals surface area (Å²) >= 11 is 0. The van der Waals surface area contributed by atoms with Crippen molar-refractivity contribution in [2.75, 3.05) is 0 Å². The van der Waals surface area contributed by atoms with Crippen LogP contribution in [0.3, 0.4) is 0 Å². The van der Waals surface area contributed by atoms with E-state index in [1.807, 2.05) is 0 Å². The third-order valence-corrected chi connectivity index (χ3v) is 3.14. The van der Waals surface area contributed by atoms with Gasteiger partial charge in [0.15, 0.2) is 0 Å². The molecule has 0 rings (SSSR count). The normalized spacial score (nSPS) is 14.3. The van der Waals surface area contributed by atoms with Gasteiger partial charge in [-0.3, -0.25) is 4.79 Å². The minimum atomic E-state index is -0.743. The van der Waals surface area contributed by atoms with Gasteiger partial charge in [0.2, 0.25) is 0 Å². The second kappa shape index (κ2) is 10.6. The molecule has 0 bridgehead atoms. The molecule has 0 aromatic carbocycles. The van der Waals surface area contributed by atoms with E-state index < -0.39 is 11.9 Å². The average molecular weight is 266 g/mol.